The van der Waals surface area contributed by atoms with E-state index in [4.69, 9.17) is 0 Å². The highest BCUT2D eigenvalue weighted by atomic mass is 32.1. The van der Waals surface area contributed by atoms with E-state index in [0.717, 1.165) is 15.6 Å². The number of aromatic nitrogens is 3. The SMILES string of the molecule is CC[C@@H](Nc1c(Nc2cn(C)c(=O)cc2O)c(=O)[nH]n(C)c1=O)c1cccs1. The van der Waals surface area contributed by atoms with E-state index in [9.17, 15) is 19.5 Å². The van der Waals surface area contributed by atoms with Crippen LogP contribution in [0, 0.1) is 0 Å². The van der Waals surface area contributed by atoms with Crippen molar-refractivity contribution in [2.45, 2.75) is 19.4 Å². The van der Waals surface area contributed by atoms with Crippen molar-refractivity contribution < 1.29 is 5.11 Å². The van der Waals surface area contributed by atoms with Crippen LogP contribution in [0.2, 0.25) is 0 Å². The van der Waals surface area contributed by atoms with E-state index in [0.29, 0.717) is 6.42 Å². The Kier molecular flexibility index (Phi) is 5.41. The monoisotopic (exact) mass is 403 g/mol. The first-order valence-corrected chi connectivity index (χ1v) is 9.49. The molecule has 0 aliphatic carbocycles. The Morgan fingerprint density at radius 3 is 2.64 bits per heavy atom. The Morgan fingerprint density at radius 1 is 1.25 bits per heavy atom. The maximum atomic E-state index is 12.7. The zero-order valence-electron chi connectivity index (χ0n) is 15.6. The second-order valence-electron chi connectivity index (χ2n) is 6.32. The highest BCUT2D eigenvalue weighted by Crippen LogP contribution is 2.29. The molecule has 0 saturated carbocycles. The fourth-order valence-electron chi connectivity index (χ4n) is 2.79. The second kappa shape index (κ2) is 7.77. The highest BCUT2D eigenvalue weighted by molar-refractivity contribution is 7.10. The van der Waals surface area contributed by atoms with Crippen molar-refractivity contribution in [1.82, 2.24) is 14.3 Å². The number of rotatable bonds is 6. The molecule has 28 heavy (non-hydrogen) atoms. The van der Waals surface area contributed by atoms with Crippen LogP contribution in [0.25, 0.3) is 0 Å². The number of aryl methyl sites for hydroxylation is 2. The number of nitrogens with zero attached hydrogens (tertiary/aromatic N) is 2. The van der Waals surface area contributed by atoms with E-state index in [1.54, 1.807) is 11.3 Å². The summed E-state index contributed by atoms with van der Waals surface area (Å²) in [4.78, 5) is 38.0. The number of thiophene rings is 1. The van der Waals surface area contributed by atoms with Crippen molar-refractivity contribution in [3.63, 3.8) is 0 Å². The maximum Gasteiger partial charge on any atom is 0.290 e. The van der Waals surface area contributed by atoms with Crippen LogP contribution in [0.15, 0.2) is 44.2 Å². The molecule has 10 heteroatoms. The second-order valence-corrected chi connectivity index (χ2v) is 7.30. The molecule has 0 fully saturated rings. The molecule has 0 saturated heterocycles. The summed E-state index contributed by atoms with van der Waals surface area (Å²) in [5.41, 5.74) is -1.19. The van der Waals surface area contributed by atoms with Gasteiger partial charge in [-0.3, -0.25) is 24.2 Å². The van der Waals surface area contributed by atoms with Gasteiger partial charge in [0.1, 0.15) is 17.1 Å². The third-order valence-corrected chi connectivity index (χ3v) is 5.33. The number of H-pyrrole nitrogens is 1. The Hall–Kier alpha value is -3.27. The van der Waals surface area contributed by atoms with Crippen LogP contribution < -0.4 is 27.3 Å². The summed E-state index contributed by atoms with van der Waals surface area (Å²) >= 11 is 1.55. The van der Waals surface area contributed by atoms with Gasteiger partial charge in [0.15, 0.2) is 0 Å². The summed E-state index contributed by atoms with van der Waals surface area (Å²) in [5.74, 6) is -0.320. The van der Waals surface area contributed by atoms with Gasteiger partial charge in [-0.1, -0.05) is 13.0 Å². The van der Waals surface area contributed by atoms with Crippen LogP contribution in [0.1, 0.15) is 24.3 Å². The summed E-state index contributed by atoms with van der Waals surface area (Å²) in [6.07, 6.45) is 2.05. The topological polar surface area (TPSA) is 121 Å². The lowest BCUT2D eigenvalue weighted by atomic mass is 10.1. The number of hydrogen-bond acceptors (Lipinski definition) is 7. The predicted molar refractivity (Wildman–Crippen MR) is 110 cm³/mol. The lowest BCUT2D eigenvalue weighted by Crippen LogP contribution is -2.32. The Labute approximate surface area is 163 Å². The van der Waals surface area contributed by atoms with Crippen LogP contribution in [0.5, 0.6) is 5.75 Å². The minimum atomic E-state index is -0.543. The quantitative estimate of drug-likeness (QED) is 0.498. The largest absolute Gasteiger partial charge is 0.506 e. The molecule has 0 aliphatic heterocycles. The van der Waals surface area contributed by atoms with E-state index < -0.39 is 16.7 Å². The van der Waals surface area contributed by atoms with Gasteiger partial charge in [-0.25, -0.2) is 0 Å². The predicted octanol–water partition coefficient (Wildman–Crippen LogP) is 1.85. The Bertz CT molecular complexity index is 1160. The molecule has 3 heterocycles. The standard InChI is InChI=1S/C18H21N5O4S/c1-4-10(13-6-5-7-28-13)19-16-15(17(26)21-23(3)18(16)27)20-11-9-22(2)14(25)8-12(11)24/h5-10,19-20,24H,4H2,1-3H3,(H,21,26)/t10-/m1/s1. The van der Waals surface area contributed by atoms with Gasteiger partial charge < -0.3 is 20.3 Å². The fraction of sp³-hybridized carbons (Fsp3) is 0.278. The van der Waals surface area contributed by atoms with Gasteiger partial charge in [-0.15, -0.1) is 11.3 Å². The molecular weight excluding hydrogens is 382 g/mol. The van der Waals surface area contributed by atoms with Crippen molar-refractivity contribution in [3.05, 3.63) is 65.7 Å². The molecule has 9 nitrogen and oxygen atoms in total. The number of hydrogen-bond donors (Lipinski definition) is 4. The van der Waals surface area contributed by atoms with E-state index in [1.165, 1.54) is 24.9 Å². The van der Waals surface area contributed by atoms with Crippen LogP contribution in [-0.2, 0) is 14.1 Å². The molecular formula is C18H21N5O4S. The smallest absolute Gasteiger partial charge is 0.290 e. The first kappa shape index (κ1) is 19.5. The zero-order valence-corrected chi connectivity index (χ0v) is 16.5. The van der Waals surface area contributed by atoms with E-state index in [1.807, 2.05) is 24.4 Å². The first-order valence-electron chi connectivity index (χ1n) is 8.61. The molecule has 3 rings (SSSR count). The number of pyridine rings is 1. The molecule has 0 bridgehead atoms. The third-order valence-electron chi connectivity index (χ3n) is 4.34. The Morgan fingerprint density at radius 2 is 2.00 bits per heavy atom. The molecule has 4 N–H and O–H groups in total. The molecule has 0 spiro atoms. The van der Waals surface area contributed by atoms with Gasteiger partial charge in [0, 0.05) is 31.2 Å². The zero-order chi connectivity index (χ0) is 20.4. The summed E-state index contributed by atoms with van der Waals surface area (Å²) in [6, 6.07) is 4.74. The van der Waals surface area contributed by atoms with Crippen LogP contribution in [-0.4, -0.2) is 19.5 Å². The van der Waals surface area contributed by atoms with Crippen molar-refractivity contribution in [2.75, 3.05) is 10.6 Å². The third kappa shape index (κ3) is 3.72. The van der Waals surface area contributed by atoms with Crippen LogP contribution in [0.4, 0.5) is 17.1 Å². The number of nitrogens with one attached hydrogen (secondary N) is 3. The number of aromatic hydroxyl groups is 1. The van der Waals surface area contributed by atoms with E-state index in [-0.39, 0.29) is 28.9 Å². The van der Waals surface area contributed by atoms with E-state index in [2.05, 4.69) is 15.7 Å². The molecule has 1 atom stereocenters. The summed E-state index contributed by atoms with van der Waals surface area (Å²) in [6.45, 7) is 1.97. The van der Waals surface area contributed by atoms with Crippen molar-refractivity contribution in [1.29, 1.82) is 0 Å². The van der Waals surface area contributed by atoms with Gasteiger partial charge in [0.2, 0.25) is 0 Å². The molecule has 3 aromatic heterocycles. The average molecular weight is 403 g/mol. The minimum absolute atomic E-state index is 0.0351. The van der Waals surface area contributed by atoms with Crippen molar-refractivity contribution >= 4 is 28.4 Å². The number of anilines is 3. The highest BCUT2D eigenvalue weighted by Gasteiger charge is 2.20. The lowest BCUT2D eigenvalue weighted by Gasteiger charge is -2.20. The molecule has 148 valence electrons. The normalized spacial score (nSPS) is 12.0. The molecule has 0 aliphatic rings. The molecule has 0 radical (unpaired) electrons. The maximum absolute atomic E-state index is 12.7. The summed E-state index contributed by atoms with van der Waals surface area (Å²) in [5, 5.41) is 20.4. The van der Waals surface area contributed by atoms with Gasteiger partial charge in [0.05, 0.1) is 11.7 Å². The minimum Gasteiger partial charge on any atom is -0.506 e. The molecule has 0 unspecified atom stereocenters. The van der Waals surface area contributed by atoms with Gasteiger partial charge in [-0.2, -0.15) is 0 Å². The van der Waals surface area contributed by atoms with Gasteiger partial charge in [-0.05, 0) is 17.9 Å². The average Bonchev–Trinajstić information content (AvgIpc) is 3.18. The molecule has 0 aromatic carbocycles. The van der Waals surface area contributed by atoms with E-state index >= 15 is 0 Å². The Balaban J connectivity index is 2.10. The molecule has 3 aromatic rings. The van der Waals surface area contributed by atoms with Crippen LogP contribution >= 0.6 is 11.3 Å². The van der Waals surface area contributed by atoms with Crippen molar-refractivity contribution in [2.24, 2.45) is 14.1 Å². The first-order chi connectivity index (χ1) is 13.3. The summed E-state index contributed by atoms with van der Waals surface area (Å²) < 4.78 is 2.35. The van der Waals surface area contributed by atoms with Gasteiger partial charge >= 0.3 is 0 Å². The fourth-order valence-corrected chi connectivity index (χ4v) is 3.65. The lowest BCUT2D eigenvalue weighted by molar-refractivity contribution is 0.474. The van der Waals surface area contributed by atoms with Gasteiger partial charge in [0.25, 0.3) is 16.7 Å². The molecule has 0 amide bonds. The van der Waals surface area contributed by atoms with Crippen molar-refractivity contribution in [3.8, 4) is 5.75 Å². The number of aromatic amines is 1. The summed E-state index contributed by atoms with van der Waals surface area (Å²) in [7, 11) is 2.97. The van der Waals surface area contributed by atoms with Crippen LogP contribution in [0.3, 0.4) is 0 Å².